The van der Waals surface area contributed by atoms with E-state index >= 15 is 0 Å². The number of aliphatic hydroxyl groups excluding tert-OH is 1. The molecule has 0 saturated carbocycles. The molecule has 136 valence electrons. The number of rotatable bonds is 9. The van der Waals surface area contributed by atoms with Crippen molar-refractivity contribution in [2.45, 2.75) is 25.8 Å². The first-order valence-electron chi connectivity index (χ1n) is 8.42. The van der Waals surface area contributed by atoms with Crippen LogP contribution in [0.2, 0.25) is 0 Å². The van der Waals surface area contributed by atoms with Crippen molar-refractivity contribution in [2.75, 3.05) is 13.2 Å². The Hall–Kier alpha value is -2.58. The third-order valence-electron chi connectivity index (χ3n) is 3.78. The summed E-state index contributed by atoms with van der Waals surface area (Å²) < 4.78 is 6.27. The fourth-order valence-corrected chi connectivity index (χ4v) is 3.60. The summed E-state index contributed by atoms with van der Waals surface area (Å²) in [7, 11) is 0. The minimum Gasteiger partial charge on any atom is -0.462 e. The quantitative estimate of drug-likeness (QED) is 0.579. The average molecular weight is 372 g/mol. The maximum absolute atomic E-state index is 11.7. The minimum atomic E-state index is -0.479. The number of hydrogen-bond acceptors (Lipinski definition) is 7. The Morgan fingerprint density at radius 3 is 2.81 bits per heavy atom. The van der Waals surface area contributed by atoms with E-state index in [1.807, 2.05) is 12.1 Å². The first-order chi connectivity index (χ1) is 12.8. The molecule has 0 radical (unpaired) electrons. The lowest BCUT2D eigenvalue weighted by Crippen LogP contribution is -2.17. The molecule has 1 N–H and O–H groups in total. The molecular formula is C18H20N4O3S. The number of carbonyl (C=O) groups excluding carboxylic acids is 1. The first-order valence-corrected chi connectivity index (χ1v) is 9.23. The summed E-state index contributed by atoms with van der Waals surface area (Å²) in [6.07, 6.45) is 3.10. The molecule has 2 heterocycles. The average Bonchev–Trinajstić information content (AvgIpc) is 3.30. The Labute approximate surface area is 155 Å². The monoisotopic (exact) mass is 372 g/mol. The number of esters is 1. The van der Waals surface area contributed by atoms with Crippen LogP contribution < -0.4 is 0 Å². The second-order valence-electron chi connectivity index (χ2n) is 5.71. The molecule has 8 heteroatoms. The second-order valence-corrected chi connectivity index (χ2v) is 6.88. The Kier molecular flexibility index (Phi) is 6.45. The van der Waals surface area contributed by atoms with Crippen LogP contribution in [0.25, 0.3) is 10.7 Å². The van der Waals surface area contributed by atoms with Crippen molar-refractivity contribution in [1.29, 1.82) is 0 Å². The first kappa shape index (κ1) is 18.2. The SMILES string of the molecule is O=C(Cn1nnnc1-c1ccc(CCCc2ccccc2)s1)OCCO. The predicted molar refractivity (Wildman–Crippen MR) is 97.6 cm³/mol. The van der Waals surface area contributed by atoms with Gasteiger partial charge in [-0.15, -0.1) is 16.4 Å². The van der Waals surface area contributed by atoms with Crippen LogP contribution in [-0.4, -0.2) is 44.5 Å². The Morgan fingerprint density at radius 2 is 2.00 bits per heavy atom. The van der Waals surface area contributed by atoms with Gasteiger partial charge in [0, 0.05) is 4.88 Å². The Morgan fingerprint density at radius 1 is 1.15 bits per heavy atom. The van der Waals surface area contributed by atoms with Crippen LogP contribution >= 0.6 is 11.3 Å². The molecule has 3 aromatic rings. The van der Waals surface area contributed by atoms with Crippen molar-refractivity contribution in [1.82, 2.24) is 20.2 Å². The lowest BCUT2D eigenvalue weighted by molar-refractivity contribution is -0.145. The van der Waals surface area contributed by atoms with Gasteiger partial charge in [0.15, 0.2) is 5.82 Å². The number of ether oxygens (including phenoxy) is 1. The summed E-state index contributed by atoms with van der Waals surface area (Å²) in [6, 6.07) is 14.5. The molecule has 0 aliphatic heterocycles. The van der Waals surface area contributed by atoms with Gasteiger partial charge in [0.25, 0.3) is 0 Å². The highest BCUT2D eigenvalue weighted by atomic mass is 32.1. The number of nitrogens with zero attached hydrogens (tertiary/aromatic N) is 4. The molecule has 0 saturated heterocycles. The molecule has 26 heavy (non-hydrogen) atoms. The third kappa shape index (κ3) is 4.96. The minimum absolute atomic E-state index is 0.0269. The highest BCUT2D eigenvalue weighted by Crippen LogP contribution is 2.27. The number of aryl methyl sites for hydroxylation is 2. The van der Waals surface area contributed by atoms with Crippen LogP contribution in [0.1, 0.15) is 16.9 Å². The fourth-order valence-electron chi connectivity index (χ4n) is 2.56. The molecule has 0 fully saturated rings. The normalized spacial score (nSPS) is 10.8. The summed E-state index contributed by atoms with van der Waals surface area (Å²) in [5, 5.41) is 20.2. The fraction of sp³-hybridized carbons (Fsp3) is 0.333. The van der Waals surface area contributed by atoms with Gasteiger partial charge in [-0.25, -0.2) is 4.68 Å². The number of aliphatic hydroxyl groups is 1. The number of hydrogen-bond donors (Lipinski definition) is 1. The molecule has 0 atom stereocenters. The number of aromatic nitrogens is 4. The number of thiophene rings is 1. The van der Waals surface area contributed by atoms with Gasteiger partial charge in [-0.2, -0.15) is 0 Å². The van der Waals surface area contributed by atoms with Gasteiger partial charge in [-0.3, -0.25) is 4.79 Å². The molecular weight excluding hydrogens is 352 g/mol. The van der Waals surface area contributed by atoms with Crippen LogP contribution in [0.3, 0.4) is 0 Å². The van der Waals surface area contributed by atoms with Gasteiger partial charge in [0.2, 0.25) is 0 Å². The zero-order chi connectivity index (χ0) is 18.2. The van der Waals surface area contributed by atoms with Gasteiger partial charge in [-0.1, -0.05) is 30.3 Å². The van der Waals surface area contributed by atoms with Crippen LogP contribution in [-0.2, 0) is 28.9 Å². The number of carbonyl (C=O) groups is 1. The second kappa shape index (κ2) is 9.21. The maximum atomic E-state index is 11.7. The molecule has 1 aromatic carbocycles. The van der Waals surface area contributed by atoms with Crippen molar-refractivity contribution in [3.8, 4) is 10.7 Å². The molecule has 0 bridgehead atoms. The van der Waals surface area contributed by atoms with Crippen molar-refractivity contribution in [3.05, 3.63) is 52.9 Å². The van der Waals surface area contributed by atoms with Crippen molar-refractivity contribution in [3.63, 3.8) is 0 Å². The van der Waals surface area contributed by atoms with E-state index in [9.17, 15) is 4.79 Å². The van der Waals surface area contributed by atoms with Crippen LogP contribution in [0.15, 0.2) is 42.5 Å². The molecule has 0 aliphatic rings. The van der Waals surface area contributed by atoms with Crippen LogP contribution in [0.5, 0.6) is 0 Å². The van der Waals surface area contributed by atoms with E-state index in [0.29, 0.717) is 5.82 Å². The van der Waals surface area contributed by atoms with E-state index in [1.54, 1.807) is 11.3 Å². The van der Waals surface area contributed by atoms with E-state index in [4.69, 9.17) is 9.84 Å². The van der Waals surface area contributed by atoms with Crippen molar-refractivity contribution >= 4 is 17.3 Å². The lowest BCUT2D eigenvalue weighted by atomic mass is 10.1. The van der Waals surface area contributed by atoms with Crippen LogP contribution in [0.4, 0.5) is 0 Å². The Bertz CT molecular complexity index is 832. The van der Waals surface area contributed by atoms with Gasteiger partial charge >= 0.3 is 5.97 Å². The van der Waals surface area contributed by atoms with E-state index in [2.05, 4.69) is 45.9 Å². The van der Waals surface area contributed by atoms with Crippen molar-refractivity contribution in [2.24, 2.45) is 0 Å². The molecule has 3 rings (SSSR count). The summed E-state index contributed by atoms with van der Waals surface area (Å²) in [4.78, 5) is 13.9. The highest BCUT2D eigenvalue weighted by molar-refractivity contribution is 7.15. The predicted octanol–water partition coefficient (Wildman–Crippen LogP) is 2.11. The number of tetrazole rings is 1. The standard InChI is InChI=1S/C18H20N4O3S/c23-11-12-25-17(24)13-22-18(19-20-21-22)16-10-9-15(26-16)8-4-7-14-5-2-1-3-6-14/h1-3,5-6,9-10,23H,4,7-8,11-13H2. The molecule has 7 nitrogen and oxygen atoms in total. The summed E-state index contributed by atoms with van der Waals surface area (Å²) in [6.45, 7) is -0.310. The van der Waals surface area contributed by atoms with E-state index in [0.717, 1.165) is 24.1 Å². The highest BCUT2D eigenvalue weighted by Gasteiger charge is 2.15. The van der Waals surface area contributed by atoms with Crippen LogP contribution in [0, 0.1) is 0 Å². The van der Waals surface area contributed by atoms with E-state index in [-0.39, 0.29) is 19.8 Å². The van der Waals surface area contributed by atoms with Gasteiger partial charge in [-0.05, 0) is 47.4 Å². The zero-order valence-corrected chi connectivity index (χ0v) is 15.1. The largest absolute Gasteiger partial charge is 0.462 e. The maximum Gasteiger partial charge on any atom is 0.328 e. The van der Waals surface area contributed by atoms with Gasteiger partial charge in [0.05, 0.1) is 11.5 Å². The summed E-state index contributed by atoms with van der Waals surface area (Å²) >= 11 is 1.63. The van der Waals surface area contributed by atoms with Gasteiger partial charge < -0.3 is 9.84 Å². The summed E-state index contributed by atoms with van der Waals surface area (Å²) in [5.74, 6) is 0.0671. The molecule has 0 unspecified atom stereocenters. The van der Waals surface area contributed by atoms with Gasteiger partial charge in [0.1, 0.15) is 13.2 Å². The summed E-state index contributed by atoms with van der Waals surface area (Å²) in [5.41, 5.74) is 1.34. The van der Waals surface area contributed by atoms with Crippen molar-refractivity contribution < 1.29 is 14.6 Å². The molecule has 0 spiro atoms. The van der Waals surface area contributed by atoms with E-state index < -0.39 is 5.97 Å². The number of benzene rings is 1. The van der Waals surface area contributed by atoms with E-state index in [1.165, 1.54) is 15.1 Å². The topological polar surface area (TPSA) is 90.1 Å². The molecule has 0 aliphatic carbocycles. The lowest BCUT2D eigenvalue weighted by Gasteiger charge is -2.03. The molecule has 2 aromatic heterocycles. The molecule has 0 amide bonds. The zero-order valence-electron chi connectivity index (χ0n) is 14.2. The Balaban J connectivity index is 1.58. The smallest absolute Gasteiger partial charge is 0.328 e. The third-order valence-corrected chi connectivity index (χ3v) is 4.92.